The molecular formula is C21H23NO6S. The standard InChI is InChI=1S/C21H23NO6S/c1-4-26-20(25)10-18-22(17(23)12-29-18)7-8-27-19(24)9-15-11-28-21-14(3)13(2)5-6-16(15)21/h5-6,10-11H,4,7-9,12H2,1-3H3/b18-10-. The van der Waals surface area contributed by atoms with Crippen LogP contribution in [0, 0.1) is 13.8 Å². The fourth-order valence-electron chi connectivity index (χ4n) is 3.04. The minimum absolute atomic E-state index is 0.0409. The molecule has 1 amide bonds. The number of esters is 2. The molecule has 3 rings (SSSR count). The number of hydrogen-bond acceptors (Lipinski definition) is 7. The van der Waals surface area contributed by atoms with Crippen LogP contribution in [0.4, 0.5) is 0 Å². The van der Waals surface area contributed by atoms with Crippen molar-refractivity contribution in [3.8, 4) is 0 Å². The van der Waals surface area contributed by atoms with Crippen molar-refractivity contribution in [3.63, 3.8) is 0 Å². The van der Waals surface area contributed by atoms with Gasteiger partial charge >= 0.3 is 11.9 Å². The Hall–Kier alpha value is -2.74. The van der Waals surface area contributed by atoms with E-state index in [1.54, 1.807) is 13.2 Å². The van der Waals surface area contributed by atoms with Gasteiger partial charge in [0.25, 0.3) is 0 Å². The SMILES string of the molecule is CCOC(=O)/C=C1\SCC(=O)N1CCOC(=O)Cc1coc2c(C)c(C)ccc12. The second kappa shape index (κ2) is 9.17. The van der Waals surface area contributed by atoms with Crippen LogP contribution < -0.4 is 0 Å². The molecule has 1 aromatic heterocycles. The molecule has 1 aliphatic rings. The van der Waals surface area contributed by atoms with Gasteiger partial charge in [-0.05, 0) is 31.9 Å². The van der Waals surface area contributed by atoms with Gasteiger partial charge in [0.15, 0.2) is 0 Å². The zero-order valence-electron chi connectivity index (χ0n) is 16.6. The van der Waals surface area contributed by atoms with E-state index in [0.717, 1.165) is 27.7 Å². The number of hydrogen-bond donors (Lipinski definition) is 0. The Kier molecular flexibility index (Phi) is 6.64. The van der Waals surface area contributed by atoms with Crippen LogP contribution in [-0.4, -0.2) is 48.3 Å². The zero-order chi connectivity index (χ0) is 21.0. The second-order valence-corrected chi connectivity index (χ2v) is 7.61. The summed E-state index contributed by atoms with van der Waals surface area (Å²) in [6.45, 7) is 6.20. The van der Waals surface area contributed by atoms with Gasteiger partial charge in [0.2, 0.25) is 5.91 Å². The van der Waals surface area contributed by atoms with Crippen LogP contribution >= 0.6 is 11.8 Å². The number of carbonyl (C=O) groups is 3. The number of aryl methyl sites for hydroxylation is 2. The summed E-state index contributed by atoms with van der Waals surface area (Å²) in [5.41, 5.74) is 3.72. The molecule has 0 bridgehead atoms. The predicted octanol–water partition coefficient (Wildman–Crippen LogP) is 3.12. The number of rotatable bonds is 7. The third-order valence-corrected chi connectivity index (χ3v) is 5.72. The molecule has 0 saturated carbocycles. The number of fused-ring (bicyclic) bond motifs is 1. The summed E-state index contributed by atoms with van der Waals surface area (Å²) in [6.07, 6.45) is 2.96. The normalized spacial score (nSPS) is 15.3. The van der Waals surface area contributed by atoms with Crippen molar-refractivity contribution in [2.75, 3.05) is 25.5 Å². The lowest BCUT2D eigenvalue weighted by Crippen LogP contribution is -2.29. The van der Waals surface area contributed by atoms with Gasteiger partial charge in [0.1, 0.15) is 12.2 Å². The molecule has 1 aromatic carbocycles. The van der Waals surface area contributed by atoms with Gasteiger partial charge in [-0.25, -0.2) is 4.79 Å². The maximum Gasteiger partial charge on any atom is 0.333 e. The van der Waals surface area contributed by atoms with Gasteiger partial charge in [-0.2, -0.15) is 0 Å². The van der Waals surface area contributed by atoms with E-state index < -0.39 is 11.9 Å². The average Bonchev–Trinajstić information content (AvgIpc) is 3.23. The summed E-state index contributed by atoms with van der Waals surface area (Å²) >= 11 is 1.26. The molecule has 8 heteroatoms. The van der Waals surface area contributed by atoms with E-state index in [1.807, 2.05) is 26.0 Å². The zero-order valence-corrected chi connectivity index (χ0v) is 17.5. The summed E-state index contributed by atoms with van der Waals surface area (Å²) in [6, 6.07) is 3.94. The Morgan fingerprint density at radius 2 is 2.07 bits per heavy atom. The van der Waals surface area contributed by atoms with Crippen LogP contribution in [0.1, 0.15) is 23.6 Å². The maximum absolute atomic E-state index is 12.2. The average molecular weight is 417 g/mol. The number of carbonyl (C=O) groups excluding carboxylic acids is 3. The number of thioether (sulfide) groups is 1. The summed E-state index contributed by atoms with van der Waals surface area (Å²) in [7, 11) is 0. The van der Waals surface area contributed by atoms with Gasteiger partial charge in [0, 0.05) is 10.9 Å². The van der Waals surface area contributed by atoms with Crippen LogP contribution in [0.3, 0.4) is 0 Å². The first kappa shape index (κ1) is 21.0. The molecule has 0 aliphatic carbocycles. The second-order valence-electron chi connectivity index (χ2n) is 6.61. The number of furan rings is 1. The molecule has 0 unspecified atom stereocenters. The molecule has 29 heavy (non-hydrogen) atoms. The Morgan fingerprint density at radius 1 is 1.28 bits per heavy atom. The molecule has 2 aromatic rings. The predicted molar refractivity (Wildman–Crippen MR) is 109 cm³/mol. The van der Waals surface area contributed by atoms with Gasteiger partial charge in [-0.1, -0.05) is 23.9 Å². The van der Waals surface area contributed by atoms with Crippen molar-refractivity contribution in [1.82, 2.24) is 4.90 Å². The van der Waals surface area contributed by atoms with E-state index >= 15 is 0 Å². The van der Waals surface area contributed by atoms with E-state index in [2.05, 4.69) is 0 Å². The fourth-order valence-corrected chi connectivity index (χ4v) is 3.99. The molecule has 0 radical (unpaired) electrons. The van der Waals surface area contributed by atoms with Gasteiger partial charge < -0.3 is 18.8 Å². The van der Waals surface area contributed by atoms with E-state index in [1.165, 1.54) is 22.7 Å². The Bertz CT molecular complexity index is 977. The summed E-state index contributed by atoms with van der Waals surface area (Å²) < 4.78 is 15.8. The van der Waals surface area contributed by atoms with Crippen LogP contribution in [-0.2, 0) is 30.3 Å². The number of amides is 1. The summed E-state index contributed by atoms with van der Waals surface area (Å²) in [5, 5.41) is 1.41. The molecule has 1 saturated heterocycles. The van der Waals surface area contributed by atoms with Crippen molar-refractivity contribution in [2.24, 2.45) is 0 Å². The number of ether oxygens (including phenoxy) is 2. The first-order chi connectivity index (χ1) is 13.9. The summed E-state index contributed by atoms with van der Waals surface area (Å²) in [4.78, 5) is 37.3. The van der Waals surface area contributed by atoms with Crippen molar-refractivity contribution in [3.05, 3.63) is 46.2 Å². The van der Waals surface area contributed by atoms with Gasteiger partial charge in [-0.15, -0.1) is 0 Å². The highest BCUT2D eigenvalue weighted by Gasteiger charge is 2.27. The quantitative estimate of drug-likeness (QED) is 0.505. The topological polar surface area (TPSA) is 86.0 Å². The smallest absolute Gasteiger partial charge is 0.333 e. The highest BCUT2D eigenvalue weighted by molar-refractivity contribution is 8.04. The molecule has 1 aliphatic heterocycles. The lowest BCUT2D eigenvalue weighted by Gasteiger charge is -2.16. The highest BCUT2D eigenvalue weighted by Crippen LogP contribution is 2.29. The number of benzene rings is 1. The number of nitrogens with zero attached hydrogens (tertiary/aromatic N) is 1. The van der Waals surface area contributed by atoms with Gasteiger partial charge in [-0.3, -0.25) is 9.59 Å². The molecule has 154 valence electrons. The molecule has 0 N–H and O–H groups in total. The molecule has 0 spiro atoms. The van der Waals surface area contributed by atoms with Gasteiger partial charge in [0.05, 0.1) is 42.7 Å². The molecule has 0 atom stereocenters. The third-order valence-electron chi connectivity index (χ3n) is 4.69. The third kappa shape index (κ3) is 4.82. The monoisotopic (exact) mass is 417 g/mol. The van der Waals surface area contributed by atoms with E-state index in [-0.39, 0.29) is 37.8 Å². The van der Waals surface area contributed by atoms with Crippen molar-refractivity contribution < 1.29 is 28.3 Å². The maximum atomic E-state index is 12.2. The van der Waals surface area contributed by atoms with Crippen molar-refractivity contribution in [2.45, 2.75) is 27.2 Å². The lowest BCUT2D eigenvalue weighted by atomic mass is 10.0. The fraction of sp³-hybridized carbons (Fsp3) is 0.381. The molecular weight excluding hydrogens is 394 g/mol. The Morgan fingerprint density at radius 3 is 2.83 bits per heavy atom. The van der Waals surface area contributed by atoms with E-state index in [4.69, 9.17) is 13.9 Å². The van der Waals surface area contributed by atoms with E-state index in [0.29, 0.717) is 5.03 Å². The Balaban J connectivity index is 1.56. The minimum Gasteiger partial charge on any atom is -0.464 e. The van der Waals surface area contributed by atoms with Crippen LogP contribution in [0.5, 0.6) is 0 Å². The largest absolute Gasteiger partial charge is 0.464 e. The molecule has 1 fully saturated rings. The highest BCUT2D eigenvalue weighted by atomic mass is 32.2. The van der Waals surface area contributed by atoms with Crippen LogP contribution in [0.25, 0.3) is 11.0 Å². The first-order valence-corrected chi connectivity index (χ1v) is 10.3. The van der Waals surface area contributed by atoms with E-state index in [9.17, 15) is 14.4 Å². The summed E-state index contributed by atoms with van der Waals surface area (Å²) in [5.74, 6) is -0.780. The van der Waals surface area contributed by atoms with Crippen molar-refractivity contribution >= 4 is 40.6 Å². The Labute approximate surface area is 173 Å². The molecule has 2 heterocycles. The van der Waals surface area contributed by atoms with Crippen LogP contribution in [0.2, 0.25) is 0 Å². The minimum atomic E-state index is -0.496. The first-order valence-electron chi connectivity index (χ1n) is 9.34. The molecule has 7 nitrogen and oxygen atoms in total. The van der Waals surface area contributed by atoms with Crippen LogP contribution in [0.15, 0.2) is 33.9 Å². The van der Waals surface area contributed by atoms with Crippen molar-refractivity contribution in [1.29, 1.82) is 0 Å². The lowest BCUT2D eigenvalue weighted by molar-refractivity contribution is -0.144.